The molecule has 172 valence electrons. The molecule has 0 bridgehead atoms. The minimum Gasteiger partial charge on any atom is -0.380 e. The Morgan fingerprint density at radius 1 is 1.00 bits per heavy atom. The van der Waals surface area contributed by atoms with Crippen LogP contribution in [-0.2, 0) is 17.8 Å². The third-order valence-corrected chi connectivity index (χ3v) is 5.92. The zero-order valence-electron chi connectivity index (χ0n) is 18.1. The van der Waals surface area contributed by atoms with Crippen molar-refractivity contribution in [3.63, 3.8) is 0 Å². The van der Waals surface area contributed by atoms with E-state index in [0.717, 1.165) is 5.56 Å². The fourth-order valence-electron chi connectivity index (χ4n) is 3.90. The molecule has 0 radical (unpaired) electrons. The summed E-state index contributed by atoms with van der Waals surface area (Å²) in [5.74, 6) is -1.06. The first-order valence-electron chi connectivity index (χ1n) is 10.9. The highest BCUT2D eigenvalue weighted by atomic mass is 19.1. The Kier molecular flexibility index (Phi) is 5.90. The van der Waals surface area contributed by atoms with E-state index in [4.69, 9.17) is 4.74 Å². The second-order valence-electron chi connectivity index (χ2n) is 8.30. The van der Waals surface area contributed by atoms with Gasteiger partial charge in [0.15, 0.2) is 0 Å². The first kappa shape index (κ1) is 21.9. The molecular formula is C26H21F2N3O3. The standard InChI is InChI=1S/C26H21F2N3O3/c27-21-5-1-16(2-6-21)11-30-25(32)23-10-18-9-19(20-14-34-15-20)12-29-24(18)31(26(23)33)13-17-3-7-22(28)8-4-17/h1-10,12,20H,11,13-15H2,(H,30,32). The van der Waals surface area contributed by atoms with Crippen LogP contribution < -0.4 is 10.9 Å². The Bertz CT molecular complexity index is 1410. The van der Waals surface area contributed by atoms with Crippen molar-refractivity contribution in [1.82, 2.24) is 14.9 Å². The van der Waals surface area contributed by atoms with Crippen LogP contribution in [0.5, 0.6) is 0 Å². The average molecular weight is 461 g/mol. The second kappa shape index (κ2) is 9.15. The summed E-state index contributed by atoms with van der Waals surface area (Å²) >= 11 is 0. The quantitative estimate of drug-likeness (QED) is 0.475. The van der Waals surface area contributed by atoms with Gasteiger partial charge in [0, 0.05) is 24.0 Å². The number of carbonyl (C=O) groups is 1. The summed E-state index contributed by atoms with van der Waals surface area (Å²) in [6.45, 7) is 1.49. The van der Waals surface area contributed by atoms with E-state index in [1.165, 1.54) is 28.8 Å². The van der Waals surface area contributed by atoms with Gasteiger partial charge in [0.2, 0.25) is 0 Å². The van der Waals surface area contributed by atoms with Crippen molar-refractivity contribution in [1.29, 1.82) is 0 Å². The predicted octanol–water partition coefficient (Wildman–Crippen LogP) is 3.77. The summed E-state index contributed by atoms with van der Waals surface area (Å²) in [6, 6.07) is 15.1. The molecule has 0 aliphatic carbocycles. The molecule has 8 heteroatoms. The van der Waals surface area contributed by atoms with Crippen LogP contribution >= 0.6 is 0 Å². The highest BCUT2D eigenvalue weighted by Gasteiger charge is 2.23. The Hall–Kier alpha value is -3.91. The smallest absolute Gasteiger partial charge is 0.265 e. The van der Waals surface area contributed by atoms with Crippen molar-refractivity contribution in [2.45, 2.75) is 19.0 Å². The summed E-state index contributed by atoms with van der Waals surface area (Å²) in [7, 11) is 0. The molecule has 5 rings (SSSR count). The molecular weight excluding hydrogens is 440 g/mol. The molecule has 1 N–H and O–H groups in total. The van der Waals surface area contributed by atoms with Crippen molar-refractivity contribution in [2.75, 3.05) is 13.2 Å². The largest absolute Gasteiger partial charge is 0.380 e. The lowest BCUT2D eigenvalue weighted by Gasteiger charge is -2.26. The monoisotopic (exact) mass is 461 g/mol. The number of carbonyl (C=O) groups excluding carboxylic acids is 1. The maximum Gasteiger partial charge on any atom is 0.265 e. The van der Waals surface area contributed by atoms with Crippen molar-refractivity contribution in [3.8, 4) is 0 Å². The molecule has 1 saturated heterocycles. The molecule has 2 aromatic heterocycles. The van der Waals surface area contributed by atoms with Crippen LogP contribution in [0.25, 0.3) is 11.0 Å². The van der Waals surface area contributed by atoms with E-state index >= 15 is 0 Å². The molecule has 1 aliphatic heterocycles. The first-order valence-corrected chi connectivity index (χ1v) is 10.9. The molecule has 4 aromatic rings. The Morgan fingerprint density at radius 2 is 1.65 bits per heavy atom. The number of nitrogens with zero attached hydrogens (tertiary/aromatic N) is 2. The molecule has 2 aromatic carbocycles. The number of benzene rings is 2. The number of ether oxygens (including phenoxy) is 1. The molecule has 1 aliphatic rings. The molecule has 0 saturated carbocycles. The number of hydrogen-bond donors (Lipinski definition) is 1. The van der Waals surface area contributed by atoms with E-state index in [2.05, 4.69) is 10.3 Å². The number of aromatic nitrogens is 2. The van der Waals surface area contributed by atoms with Gasteiger partial charge in [-0.1, -0.05) is 24.3 Å². The molecule has 0 spiro atoms. The van der Waals surface area contributed by atoms with Gasteiger partial charge in [-0.25, -0.2) is 13.8 Å². The maximum absolute atomic E-state index is 13.4. The summed E-state index contributed by atoms with van der Waals surface area (Å²) < 4.78 is 33.2. The fourth-order valence-corrected chi connectivity index (χ4v) is 3.90. The van der Waals surface area contributed by atoms with Gasteiger partial charge in [0.25, 0.3) is 11.5 Å². The molecule has 1 fully saturated rings. The lowest BCUT2D eigenvalue weighted by Crippen LogP contribution is -2.33. The number of halogens is 2. The number of nitrogens with one attached hydrogen (secondary N) is 1. The van der Waals surface area contributed by atoms with Crippen LogP contribution in [0.1, 0.15) is 33.0 Å². The van der Waals surface area contributed by atoms with Crippen LogP contribution in [0.3, 0.4) is 0 Å². The Labute approximate surface area is 193 Å². The number of rotatable bonds is 6. The van der Waals surface area contributed by atoms with E-state index in [1.54, 1.807) is 36.5 Å². The van der Waals surface area contributed by atoms with Crippen LogP contribution in [-0.4, -0.2) is 28.7 Å². The van der Waals surface area contributed by atoms with Crippen molar-refractivity contribution in [3.05, 3.63) is 111 Å². The van der Waals surface area contributed by atoms with Crippen molar-refractivity contribution in [2.24, 2.45) is 0 Å². The van der Waals surface area contributed by atoms with E-state index in [0.29, 0.717) is 35.4 Å². The molecule has 1 amide bonds. The average Bonchev–Trinajstić information content (AvgIpc) is 2.80. The van der Waals surface area contributed by atoms with Crippen molar-refractivity contribution < 1.29 is 18.3 Å². The normalized spacial score (nSPS) is 13.6. The van der Waals surface area contributed by atoms with Gasteiger partial charge in [-0.05, 0) is 53.1 Å². The minimum atomic E-state index is -0.540. The lowest BCUT2D eigenvalue weighted by molar-refractivity contribution is 0.00835. The number of hydrogen-bond acceptors (Lipinski definition) is 4. The molecule has 34 heavy (non-hydrogen) atoms. The SMILES string of the molecule is O=C(NCc1ccc(F)cc1)c1cc2cc(C3COC3)cnc2n(Cc2ccc(F)cc2)c1=O. The number of pyridine rings is 2. The van der Waals surface area contributed by atoms with Crippen LogP contribution in [0.2, 0.25) is 0 Å². The van der Waals surface area contributed by atoms with E-state index < -0.39 is 11.5 Å². The molecule has 6 nitrogen and oxygen atoms in total. The van der Waals surface area contributed by atoms with Gasteiger partial charge in [0.1, 0.15) is 22.8 Å². The van der Waals surface area contributed by atoms with E-state index in [9.17, 15) is 18.4 Å². The van der Waals surface area contributed by atoms with Crippen molar-refractivity contribution >= 4 is 16.9 Å². The summed E-state index contributed by atoms with van der Waals surface area (Å²) in [4.78, 5) is 30.9. The lowest BCUT2D eigenvalue weighted by atomic mass is 9.98. The van der Waals surface area contributed by atoms with Gasteiger partial charge in [-0.15, -0.1) is 0 Å². The summed E-state index contributed by atoms with van der Waals surface area (Å²) in [6.07, 6.45) is 1.73. The van der Waals surface area contributed by atoms with Gasteiger partial charge >= 0.3 is 0 Å². The summed E-state index contributed by atoms with van der Waals surface area (Å²) in [5.41, 5.74) is 2.29. The number of amides is 1. The fraction of sp³-hybridized carbons (Fsp3) is 0.192. The van der Waals surface area contributed by atoms with Crippen LogP contribution in [0.4, 0.5) is 8.78 Å². The van der Waals surface area contributed by atoms with Gasteiger partial charge < -0.3 is 10.1 Å². The highest BCUT2D eigenvalue weighted by Crippen LogP contribution is 2.26. The Morgan fingerprint density at radius 3 is 2.26 bits per heavy atom. The molecule has 0 atom stereocenters. The maximum atomic E-state index is 13.4. The topological polar surface area (TPSA) is 73.2 Å². The van der Waals surface area contributed by atoms with E-state index in [1.807, 2.05) is 6.07 Å². The van der Waals surface area contributed by atoms with Gasteiger partial charge in [-0.3, -0.25) is 14.2 Å². The Balaban J connectivity index is 1.53. The minimum absolute atomic E-state index is 0.0273. The van der Waals surface area contributed by atoms with Gasteiger partial charge in [-0.2, -0.15) is 0 Å². The zero-order valence-corrected chi connectivity index (χ0v) is 18.1. The third-order valence-electron chi connectivity index (χ3n) is 5.92. The summed E-state index contributed by atoms with van der Waals surface area (Å²) in [5, 5.41) is 3.38. The van der Waals surface area contributed by atoms with E-state index in [-0.39, 0.29) is 36.2 Å². The third kappa shape index (κ3) is 4.45. The first-order chi connectivity index (χ1) is 16.5. The zero-order chi connectivity index (χ0) is 23.7. The highest BCUT2D eigenvalue weighted by molar-refractivity contribution is 5.97. The second-order valence-corrected chi connectivity index (χ2v) is 8.30. The molecule has 3 heterocycles. The predicted molar refractivity (Wildman–Crippen MR) is 123 cm³/mol. The van der Waals surface area contributed by atoms with Gasteiger partial charge in [0.05, 0.1) is 19.8 Å². The van der Waals surface area contributed by atoms with Crippen LogP contribution in [0.15, 0.2) is 71.7 Å². The number of fused-ring (bicyclic) bond motifs is 1. The molecule has 0 unspecified atom stereocenters. The van der Waals surface area contributed by atoms with Crippen LogP contribution in [0, 0.1) is 11.6 Å².